The number of aromatic nitrogens is 2. The standard InChI is InChI=1S/C14H9Cl2N3O3S/c1-7-6-23-13(19-7)9(3-17)11(20)5-22-14(21)8-2-10(15)12(16)18-4-8/h2,4,6,9H,5H2,1H3/t9-/m1/s1. The minimum Gasteiger partial charge on any atom is -0.454 e. The molecule has 0 saturated carbocycles. The Balaban J connectivity index is 2.01. The average molecular weight is 370 g/mol. The molecule has 0 bridgehead atoms. The van der Waals surface area contributed by atoms with Gasteiger partial charge in [0.2, 0.25) is 0 Å². The smallest absolute Gasteiger partial charge is 0.340 e. The normalized spacial score (nSPS) is 11.6. The summed E-state index contributed by atoms with van der Waals surface area (Å²) < 4.78 is 4.89. The fourth-order valence-corrected chi connectivity index (χ4v) is 2.74. The van der Waals surface area contributed by atoms with E-state index in [1.54, 1.807) is 12.3 Å². The number of carbonyl (C=O) groups excluding carboxylic acids is 2. The number of nitrogens with zero attached hydrogens (tertiary/aromatic N) is 3. The number of carbonyl (C=O) groups is 2. The van der Waals surface area contributed by atoms with Crippen molar-refractivity contribution in [3.05, 3.63) is 44.1 Å². The molecule has 0 aliphatic heterocycles. The molecule has 0 spiro atoms. The minimum atomic E-state index is -1.06. The lowest BCUT2D eigenvalue weighted by molar-refractivity contribution is -0.122. The Bertz CT molecular complexity index is 801. The van der Waals surface area contributed by atoms with Crippen LogP contribution in [0.4, 0.5) is 0 Å². The van der Waals surface area contributed by atoms with E-state index in [1.165, 1.54) is 23.6 Å². The fourth-order valence-electron chi connectivity index (χ4n) is 1.61. The van der Waals surface area contributed by atoms with E-state index in [1.807, 2.05) is 6.07 Å². The zero-order valence-electron chi connectivity index (χ0n) is 11.7. The van der Waals surface area contributed by atoms with E-state index < -0.39 is 24.3 Å². The zero-order valence-corrected chi connectivity index (χ0v) is 14.1. The number of hydrogen-bond acceptors (Lipinski definition) is 7. The molecule has 0 fully saturated rings. The Morgan fingerprint density at radius 1 is 1.48 bits per heavy atom. The van der Waals surface area contributed by atoms with Crippen molar-refractivity contribution < 1.29 is 14.3 Å². The third kappa shape index (κ3) is 4.26. The summed E-state index contributed by atoms with van der Waals surface area (Å²) in [5.41, 5.74) is 0.780. The molecule has 0 amide bonds. The molecule has 0 aliphatic carbocycles. The second kappa shape index (κ2) is 7.51. The molecule has 118 valence electrons. The maximum absolute atomic E-state index is 12.0. The number of rotatable bonds is 5. The van der Waals surface area contributed by atoms with Gasteiger partial charge in [-0.1, -0.05) is 23.2 Å². The van der Waals surface area contributed by atoms with Crippen LogP contribution < -0.4 is 0 Å². The maximum atomic E-state index is 12.0. The molecule has 23 heavy (non-hydrogen) atoms. The van der Waals surface area contributed by atoms with E-state index in [9.17, 15) is 9.59 Å². The van der Waals surface area contributed by atoms with Gasteiger partial charge in [0.1, 0.15) is 10.2 Å². The summed E-state index contributed by atoms with van der Waals surface area (Å²) in [6, 6.07) is 3.16. The molecule has 0 aromatic carbocycles. The Morgan fingerprint density at radius 3 is 2.78 bits per heavy atom. The van der Waals surface area contributed by atoms with Crippen LogP contribution in [0, 0.1) is 18.3 Å². The van der Waals surface area contributed by atoms with E-state index in [2.05, 4.69) is 9.97 Å². The molecular weight excluding hydrogens is 361 g/mol. The van der Waals surface area contributed by atoms with E-state index in [-0.39, 0.29) is 15.7 Å². The van der Waals surface area contributed by atoms with E-state index >= 15 is 0 Å². The highest BCUT2D eigenvalue weighted by molar-refractivity contribution is 7.09. The Hall–Kier alpha value is -2.01. The van der Waals surface area contributed by atoms with Gasteiger partial charge in [0.25, 0.3) is 0 Å². The summed E-state index contributed by atoms with van der Waals surface area (Å²) in [7, 11) is 0. The third-order valence-electron chi connectivity index (χ3n) is 2.71. The maximum Gasteiger partial charge on any atom is 0.340 e. The Morgan fingerprint density at radius 2 is 2.22 bits per heavy atom. The quantitative estimate of drug-likeness (QED) is 0.593. The number of halogens is 2. The molecule has 2 heterocycles. The van der Waals surface area contributed by atoms with Gasteiger partial charge in [0.05, 0.1) is 16.7 Å². The number of pyridine rings is 1. The largest absolute Gasteiger partial charge is 0.454 e. The molecule has 0 N–H and O–H groups in total. The molecule has 1 atom stereocenters. The van der Waals surface area contributed by atoms with E-state index in [4.69, 9.17) is 33.2 Å². The first-order valence-corrected chi connectivity index (χ1v) is 7.88. The predicted octanol–water partition coefficient (Wildman–Crippen LogP) is 3.19. The lowest BCUT2D eigenvalue weighted by Crippen LogP contribution is -2.20. The second-order valence-electron chi connectivity index (χ2n) is 4.43. The number of nitriles is 1. The molecule has 2 aromatic heterocycles. The van der Waals surface area contributed by atoms with Crippen LogP contribution in [0.25, 0.3) is 0 Å². The van der Waals surface area contributed by atoms with E-state index in [0.717, 1.165) is 5.69 Å². The van der Waals surface area contributed by atoms with Crippen molar-refractivity contribution in [2.75, 3.05) is 6.61 Å². The topological polar surface area (TPSA) is 92.9 Å². The SMILES string of the molecule is Cc1csc([C@H](C#N)C(=O)COC(=O)c2cnc(Cl)c(Cl)c2)n1. The molecule has 0 unspecified atom stereocenters. The van der Waals surface area contributed by atoms with Gasteiger partial charge < -0.3 is 4.74 Å². The highest BCUT2D eigenvalue weighted by atomic mass is 35.5. The van der Waals surface area contributed by atoms with Crippen molar-refractivity contribution in [1.82, 2.24) is 9.97 Å². The molecular formula is C14H9Cl2N3O3S. The van der Waals surface area contributed by atoms with Gasteiger partial charge in [0.15, 0.2) is 18.3 Å². The van der Waals surface area contributed by atoms with Crippen LogP contribution in [0.5, 0.6) is 0 Å². The first-order valence-electron chi connectivity index (χ1n) is 6.25. The predicted molar refractivity (Wildman–Crippen MR) is 84.8 cm³/mol. The second-order valence-corrected chi connectivity index (χ2v) is 6.08. The van der Waals surface area contributed by atoms with Gasteiger partial charge in [-0.05, 0) is 13.0 Å². The molecule has 9 heteroatoms. The van der Waals surface area contributed by atoms with Gasteiger partial charge >= 0.3 is 5.97 Å². The van der Waals surface area contributed by atoms with Crippen molar-refractivity contribution in [2.24, 2.45) is 0 Å². The van der Waals surface area contributed by atoms with Crippen molar-refractivity contribution in [3.63, 3.8) is 0 Å². The molecule has 6 nitrogen and oxygen atoms in total. The van der Waals surface area contributed by atoms with Crippen LogP contribution >= 0.6 is 34.5 Å². The summed E-state index contributed by atoms with van der Waals surface area (Å²) in [5.74, 6) is -2.40. The Labute approximate surface area is 145 Å². The highest BCUT2D eigenvalue weighted by Gasteiger charge is 2.24. The number of thiazole rings is 1. The molecule has 0 saturated heterocycles. The van der Waals surface area contributed by atoms with Crippen molar-refractivity contribution in [2.45, 2.75) is 12.8 Å². The highest BCUT2D eigenvalue weighted by Crippen LogP contribution is 2.22. The number of ketones is 1. The van der Waals surface area contributed by atoms with Crippen LogP contribution in [0.2, 0.25) is 10.2 Å². The summed E-state index contributed by atoms with van der Waals surface area (Å²) >= 11 is 12.6. The number of Topliss-reactive ketones (excluding diaryl/α,β-unsaturated/α-hetero) is 1. The monoisotopic (exact) mass is 369 g/mol. The van der Waals surface area contributed by atoms with Gasteiger partial charge in [-0.25, -0.2) is 14.8 Å². The Kier molecular flexibility index (Phi) is 5.66. The van der Waals surface area contributed by atoms with Crippen LogP contribution in [-0.2, 0) is 9.53 Å². The van der Waals surface area contributed by atoms with Crippen molar-refractivity contribution in [3.8, 4) is 6.07 Å². The number of ether oxygens (including phenoxy) is 1. The number of hydrogen-bond donors (Lipinski definition) is 0. The first kappa shape index (κ1) is 17.3. The zero-order chi connectivity index (χ0) is 17.0. The molecule has 0 aliphatic rings. The first-order chi connectivity index (χ1) is 10.9. The van der Waals surface area contributed by atoms with Crippen LogP contribution in [-0.4, -0.2) is 28.3 Å². The van der Waals surface area contributed by atoms with Crippen LogP contribution in [0.3, 0.4) is 0 Å². The summed E-state index contributed by atoms with van der Waals surface area (Å²) in [4.78, 5) is 31.7. The molecule has 2 aromatic rings. The van der Waals surface area contributed by atoms with Gasteiger partial charge in [-0.15, -0.1) is 11.3 Å². The van der Waals surface area contributed by atoms with Crippen LogP contribution in [0.1, 0.15) is 27.0 Å². The lowest BCUT2D eigenvalue weighted by Gasteiger charge is -2.07. The molecule has 2 rings (SSSR count). The van der Waals surface area contributed by atoms with E-state index in [0.29, 0.717) is 5.01 Å². The third-order valence-corrected chi connectivity index (χ3v) is 4.43. The van der Waals surface area contributed by atoms with Gasteiger partial charge in [-0.2, -0.15) is 5.26 Å². The molecule has 0 radical (unpaired) electrons. The summed E-state index contributed by atoms with van der Waals surface area (Å²) in [6.45, 7) is 1.21. The summed E-state index contributed by atoms with van der Waals surface area (Å²) in [6.07, 6.45) is 1.19. The fraction of sp³-hybridized carbons (Fsp3) is 0.214. The lowest BCUT2D eigenvalue weighted by atomic mass is 10.1. The number of esters is 1. The minimum absolute atomic E-state index is 0.0583. The van der Waals surface area contributed by atoms with Gasteiger partial charge in [-0.3, -0.25) is 4.79 Å². The summed E-state index contributed by atoms with van der Waals surface area (Å²) in [5, 5.41) is 11.4. The average Bonchev–Trinajstić information content (AvgIpc) is 2.94. The van der Waals surface area contributed by atoms with Crippen LogP contribution in [0.15, 0.2) is 17.6 Å². The van der Waals surface area contributed by atoms with Crippen molar-refractivity contribution >= 4 is 46.3 Å². The van der Waals surface area contributed by atoms with Crippen molar-refractivity contribution in [1.29, 1.82) is 5.26 Å². The number of aryl methyl sites for hydroxylation is 1. The van der Waals surface area contributed by atoms with Gasteiger partial charge in [0, 0.05) is 17.3 Å².